The largest absolute Gasteiger partial charge is 0.525 e. The van der Waals surface area contributed by atoms with E-state index in [1.165, 1.54) is 0 Å². The van der Waals surface area contributed by atoms with Gasteiger partial charge >= 0.3 is 24.4 Å². The van der Waals surface area contributed by atoms with Crippen molar-refractivity contribution in [3.8, 4) is 0 Å². The number of methoxy groups -OCH3 is 1. The van der Waals surface area contributed by atoms with Gasteiger partial charge in [0.2, 0.25) is 0 Å². The van der Waals surface area contributed by atoms with E-state index in [-0.39, 0.29) is 0 Å². The van der Waals surface area contributed by atoms with Crippen molar-refractivity contribution in [2.24, 2.45) is 0 Å². The summed E-state index contributed by atoms with van der Waals surface area (Å²) in [4.78, 5) is 10.9. The SMILES string of the molecule is COC(=O)/C(C)=C(\C)C(F)(OC(F)(F)F)C(F)(F)F. The van der Waals surface area contributed by atoms with Crippen LogP contribution in [-0.4, -0.2) is 31.5 Å². The lowest BCUT2D eigenvalue weighted by Crippen LogP contribution is -2.48. The topological polar surface area (TPSA) is 35.5 Å². The van der Waals surface area contributed by atoms with Crippen LogP contribution in [-0.2, 0) is 14.3 Å². The van der Waals surface area contributed by atoms with Crippen molar-refractivity contribution in [2.45, 2.75) is 32.2 Å². The molecule has 3 nitrogen and oxygen atoms in total. The van der Waals surface area contributed by atoms with E-state index in [2.05, 4.69) is 9.47 Å². The monoisotopic (exact) mass is 298 g/mol. The highest BCUT2D eigenvalue weighted by Gasteiger charge is 2.64. The number of ether oxygens (including phenoxy) is 2. The molecule has 0 N–H and O–H groups in total. The first-order valence-electron chi connectivity index (χ1n) is 4.55. The van der Waals surface area contributed by atoms with Crippen LogP contribution < -0.4 is 0 Å². The molecule has 19 heavy (non-hydrogen) atoms. The fraction of sp³-hybridized carbons (Fsp3) is 0.667. The van der Waals surface area contributed by atoms with Crippen LogP contribution in [0.3, 0.4) is 0 Å². The summed E-state index contributed by atoms with van der Waals surface area (Å²) in [6.07, 6.45) is -11.9. The molecule has 0 radical (unpaired) electrons. The van der Waals surface area contributed by atoms with Gasteiger partial charge in [0.05, 0.1) is 7.11 Å². The van der Waals surface area contributed by atoms with E-state index in [4.69, 9.17) is 0 Å². The Bertz CT molecular complexity index is 382. The summed E-state index contributed by atoms with van der Waals surface area (Å²) in [5, 5.41) is 0. The predicted octanol–water partition coefficient (Wildman–Crippen LogP) is 3.26. The third-order valence-corrected chi connectivity index (χ3v) is 2.16. The fourth-order valence-electron chi connectivity index (χ4n) is 1.05. The van der Waals surface area contributed by atoms with Gasteiger partial charge < -0.3 is 4.74 Å². The van der Waals surface area contributed by atoms with Crippen molar-refractivity contribution in [1.82, 2.24) is 0 Å². The molecule has 0 fully saturated rings. The molecule has 0 spiro atoms. The van der Waals surface area contributed by atoms with Crippen molar-refractivity contribution in [3.63, 3.8) is 0 Å². The van der Waals surface area contributed by atoms with E-state index in [1.807, 2.05) is 0 Å². The highest BCUT2D eigenvalue weighted by molar-refractivity contribution is 5.88. The van der Waals surface area contributed by atoms with E-state index < -0.39 is 35.5 Å². The first kappa shape index (κ1) is 17.7. The molecular formula is C9H9F7O3. The minimum Gasteiger partial charge on any atom is -0.466 e. The minimum atomic E-state index is -6.03. The molecule has 0 bridgehead atoms. The Morgan fingerprint density at radius 1 is 0.947 bits per heavy atom. The van der Waals surface area contributed by atoms with Crippen LogP contribution in [0, 0.1) is 0 Å². The van der Waals surface area contributed by atoms with Crippen LogP contribution in [0.25, 0.3) is 0 Å². The summed E-state index contributed by atoms with van der Waals surface area (Å²) < 4.78 is 93.1. The molecule has 0 aliphatic carbocycles. The van der Waals surface area contributed by atoms with Crippen molar-refractivity contribution in [2.75, 3.05) is 7.11 Å². The summed E-state index contributed by atoms with van der Waals surface area (Å²) in [7, 11) is 0.775. The molecular weight excluding hydrogens is 289 g/mol. The average molecular weight is 298 g/mol. The zero-order valence-electron chi connectivity index (χ0n) is 9.87. The Morgan fingerprint density at radius 2 is 1.37 bits per heavy atom. The Kier molecular flexibility index (Phi) is 4.98. The van der Waals surface area contributed by atoms with Gasteiger partial charge in [0.15, 0.2) is 0 Å². The van der Waals surface area contributed by atoms with E-state index in [1.54, 1.807) is 0 Å². The van der Waals surface area contributed by atoms with Gasteiger partial charge in [-0.25, -0.2) is 9.53 Å². The molecule has 10 heteroatoms. The molecule has 0 heterocycles. The number of rotatable bonds is 3. The summed E-state index contributed by atoms with van der Waals surface area (Å²) in [6, 6.07) is 0. The molecule has 0 saturated heterocycles. The third kappa shape index (κ3) is 4.08. The van der Waals surface area contributed by atoms with Gasteiger partial charge in [-0.15, -0.1) is 13.2 Å². The first-order chi connectivity index (χ1) is 8.26. The fourth-order valence-corrected chi connectivity index (χ4v) is 1.05. The van der Waals surface area contributed by atoms with Gasteiger partial charge in [0.1, 0.15) is 0 Å². The Hall–Kier alpha value is -1.32. The van der Waals surface area contributed by atoms with Crippen molar-refractivity contribution in [1.29, 1.82) is 0 Å². The van der Waals surface area contributed by atoms with Crippen LogP contribution in [0.15, 0.2) is 11.1 Å². The van der Waals surface area contributed by atoms with Crippen LogP contribution in [0.1, 0.15) is 13.8 Å². The molecule has 112 valence electrons. The first-order valence-corrected chi connectivity index (χ1v) is 4.55. The number of carbonyl (C=O) groups excluding carboxylic acids is 1. The summed E-state index contributed by atoms with van der Waals surface area (Å²) in [6.45, 7) is 1.03. The zero-order chi connectivity index (χ0) is 15.6. The van der Waals surface area contributed by atoms with Gasteiger partial charge in [-0.3, -0.25) is 0 Å². The maximum absolute atomic E-state index is 13.6. The molecule has 0 aromatic heterocycles. The average Bonchev–Trinajstić information content (AvgIpc) is 2.21. The van der Waals surface area contributed by atoms with Crippen molar-refractivity contribution < 1.29 is 45.0 Å². The van der Waals surface area contributed by atoms with E-state index in [0.717, 1.165) is 7.11 Å². The lowest BCUT2D eigenvalue weighted by molar-refractivity contribution is -0.435. The standard InChI is InChI=1S/C9H9F7O3/c1-4(6(17)18-3)5(2)7(10,8(11,12)13)19-9(14,15)16/h1-3H3/b5-4+. The van der Waals surface area contributed by atoms with Crippen molar-refractivity contribution in [3.05, 3.63) is 11.1 Å². The normalized spacial score (nSPS) is 17.6. The van der Waals surface area contributed by atoms with E-state index in [0.29, 0.717) is 13.8 Å². The van der Waals surface area contributed by atoms with Gasteiger partial charge in [0.25, 0.3) is 0 Å². The number of esters is 1. The predicted molar refractivity (Wildman–Crippen MR) is 47.4 cm³/mol. The second-order valence-corrected chi connectivity index (χ2v) is 3.38. The van der Waals surface area contributed by atoms with Gasteiger partial charge in [-0.05, 0) is 13.8 Å². The van der Waals surface area contributed by atoms with Crippen LogP contribution in [0.5, 0.6) is 0 Å². The van der Waals surface area contributed by atoms with E-state index in [9.17, 15) is 35.5 Å². The van der Waals surface area contributed by atoms with Crippen LogP contribution in [0.2, 0.25) is 0 Å². The Labute approximate surface area is 103 Å². The quantitative estimate of drug-likeness (QED) is 0.456. The summed E-state index contributed by atoms with van der Waals surface area (Å²) in [5.74, 6) is -6.57. The number of halogens is 7. The van der Waals surface area contributed by atoms with Crippen LogP contribution >= 0.6 is 0 Å². The minimum absolute atomic E-state index is 0.353. The van der Waals surface area contributed by atoms with Gasteiger partial charge in [0, 0.05) is 11.1 Å². The third-order valence-electron chi connectivity index (χ3n) is 2.16. The number of carbonyl (C=O) groups is 1. The lowest BCUT2D eigenvalue weighted by Gasteiger charge is -2.30. The molecule has 0 rings (SSSR count). The maximum Gasteiger partial charge on any atom is 0.525 e. The molecule has 1 unspecified atom stereocenters. The second kappa shape index (κ2) is 5.35. The molecule has 0 aromatic carbocycles. The van der Waals surface area contributed by atoms with Gasteiger partial charge in [-0.1, -0.05) is 0 Å². The summed E-state index contributed by atoms with van der Waals surface area (Å²) >= 11 is 0. The molecule has 0 aromatic rings. The Morgan fingerprint density at radius 3 is 1.63 bits per heavy atom. The lowest BCUT2D eigenvalue weighted by atomic mass is 10.0. The highest BCUT2D eigenvalue weighted by Crippen LogP contribution is 2.45. The maximum atomic E-state index is 13.6. The van der Waals surface area contributed by atoms with E-state index >= 15 is 0 Å². The zero-order valence-corrected chi connectivity index (χ0v) is 9.87. The molecule has 0 saturated carbocycles. The second-order valence-electron chi connectivity index (χ2n) is 3.38. The number of hydrogen-bond acceptors (Lipinski definition) is 3. The molecule has 0 aliphatic heterocycles. The summed E-state index contributed by atoms with van der Waals surface area (Å²) in [5.41, 5.74) is -2.57. The number of hydrogen-bond donors (Lipinski definition) is 0. The highest BCUT2D eigenvalue weighted by atomic mass is 19.4. The molecule has 0 aliphatic rings. The Balaban J connectivity index is 5.84. The number of alkyl halides is 7. The van der Waals surface area contributed by atoms with Gasteiger partial charge in [-0.2, -0.15) is 17.6 Å². The molecule has 0 amide bonds. The smallest absolute Gasteiger partial charge is 0.466 e. The molecule has 1 atom stereocenters. The van der Waals surface area contributed by atoms with Crippen LogP contribution in [0.4, 0.5) is 30.7 Å². The van der Waals surface area contributed by atoms with Crippen molar-refractivity contribution >= 4 is 5.97 Å².